The van der Waals surface area contributed by atoms with E-state index in [1.807, 2.05) is 24.3 Å². The van der Waals surface area contributed by atoms with Gasteiger partial charge in [0.25, 0.3) is 5.91 Å². The van der Waals surface area contributed by atoms with Crippen molar-refractivity contribution in [3.05, 3.63) is 77.9 Å². The van der Waals surface area contributed by atoms with Crippen molar-refractivity contribution in [3.8, 4) is 0 Å². The molecule has 0 saturated carbocycles. The van der Waals surface area contributed by atoms with Crippen LogP contribution >= 0.6 is 12.4 Å². The molecule has 0 radical (unpaired) electrons. The summed E-state index contributed by atoms with van der Waals surface area (Å²) in [6.45, 7) is 0.969. The van der Waals surface area contributed by atoms with E-state index in [2.05, 4.69) is 0 Å². The molecule has 10 nitrogen and oxygen atoms in total. The Morgan fingerprint density at radius 2 is 1.53 bits per heavy atom. The Morgan fingerprint density at radius 1 is 0.921 bits per heavy atom. The molecule has 204 valence electrons. The number of likely N-dealkylation sites (tertiary alicyclic amines) is 1. The number of carbonyl (C=O) groups excluding carboxylic acids is 1. The summed E-state index contributed by atoms with van der Waals surface area (Å²) < 4.78 is 27.9. The molecule has 0 bridgehead atoms. The van der Waals surface area contributed by atoms with Gasteiger partial charge >= 0.3 is 6.16 Å². The number of hydrogen-bond donors (Lipinski definition) is 5. The molecule has 38 heavy (non-hydrogen) atoms. The van der Waals surface area contributed by atoms with Crippen LogP contribution in [0.4, 0.5) is 4.79 Å². The lowest BCUT2D eigenvalue weighted by molar-refractivity contribution is -0.134. The third kappa shape index (κ3) is 6.80. The van der Waals surface area contributed by atoms with Gasteiger partial charge in [0.1, 0.15) is 5.84 Å². The first-order valence-corrected chi connectivity index (χ1v) is 13.1. The van der Waals surface area contributed by atoms with Crippen LogP contribution in [0, 0.1) is 5.41 Å². The molecule has 1 aliphatic heterocycles. The Balaban J connectivity index is 0.000000947. The standard InChI is InChI=1S/C25H28N4O3S.CH2O3.ClH/c26-23(27)21-10-6-7-18(15-21)17-25(28,24(30)29-13-4-1-5-14-29)33(31,32)22-12-11-19-8-2-3-9-20(19)16-22;2-1(3)4;/h2-3,6-12,15-16H,1,4-5,13-14,17,28H2,(H3,26,27);(H2,2,3,4);1H/t25-;;/m1../s1. The van der Waals surface area contributed by atoms with Gasteiger partial charge in [0.2, 0.25) is 14.7 Å². The van der Waals surface area contributed by atoms with E-state index in [-0.39, 0.29) is 29.6 Å². The quantitative estimate of drug-likeness (QED) is 0.223. The number of nitrogen functional groups attached to an aromatic ring is 1. The largest absolute Gasteiger partial charge is 0.503 e. The fraction of sp³-hybridized carbons (Fsp3) is 0.269. The number of carbonyl (C=O) groups is 2. The van der Waals surface area contributed by atoms with Crippen molar-refractivity contribution in [2.45, 2.75) is 35.4 Å². The molecule has 1 fully saturated rings. The van der Waals surface area contributed by atoms with Crippen molar-refractivity contribution in [1.29, 1.82) is 5.41 Å². The van der Waals surface area contributed by atoms with E-state index in [1.54, 1.807) is 41.3 Å². The first kappa shape index (κ1) is 30.6. The number of benzene rings is 3. The summed E-state index contributed by atoms with van der Waals surface area (Å²) >= 11 is 0. The highest BCUT2D eigenvalue weighted by Gasteiger charge is 2.50. The second-order valence-electron chi connectivity index (χ2n) is 8.83. The van der Waals surface area contributed by atoms with Crippen LogP contribution in [-0.4, -0.2) is 59.4 Å². The van der Waals surface area contributed by atoms with Crippen molar-refractivity contribution < 1.29 is 28.2 Å². The smallest absolute Gasteiger partial charge is 0.450 e. The van der Waals surface area contributed by atoms with Crippen LogP contribution in [0.25, 0.3) is 10.8 Å². The highest BCUT2D eigenvalue weighted by molar-refractivity contribution is 7.93. The summed E-state index contributed by atoms with van der Waals surface area (Å²) in [4.78, 5) is 21.6. The van der Waals surface area contributed by atoms with Crippen molar-refractivity contribution in [2.75, 3.05) is 13.1 Å². The molecule has 0 spiro atoms. The van der Waals surface area contributed by atoms with Gasteiger partial charge in [-0.1, -0.05) is 48.5 Å². The highest BCUT2D eigenvalue weighted by Crippen LogP contribution is 2.31. The monoisotopic (exact) mass is 562 g/mol. The number of rotatable bonds is 6. The Morgan fingerprint density at radius 3 is 2.13 bits per heavy atom. The number of amides is 1. The number of sulfone groups is 1. The number of fused-ring (bicyclic) bond motifs is 1. The Kier molecular flexibility index (Phi) is 10.2. The molecular formula is C26H31ClN4O6S. The molecule has 1 atom stereocenters. The van der Waals surface area contributed by atoms with E-state index < -0.39 is 26.8 Å². The van der Waals surface area contributed by atoms with E-state index in [1.165, 1.54) is 6.07 Å². The van der Waals surface area contributed by atoms with Gasteiger partial charge in [-0.15, -0.1) is 12.4 Å². The van der Waals surface area contributed by atoms with Crippen molar-refractivity contribution >= 4 is 50.9 Å². The zero-order valence-corrected chi connectivity index (χ0v) is 22.2. The van der Waals surface area contributed by atoms with Crippen LogP contribution in [0.5, 0.6) is 0 Å². The second kappa shape index (κ2) is 12.7. The van der Waals surface area contributed by atoms with Gasteiger partial charge in [0.05, 0.1) is 4.90 Å². The molecule has 1 aliphatic rings. The lowest BCUT2D eigenvalue weighted by atomic mass is 10.0. The van der Waals surface area contributed by atoms with Gasteiger partial charge in [-0.2, -0.15) is 0 Å². The lowest BCUT2D eigenvalue weighted by Gasteiger charge is -2.36. The molecule has 0 aromatic heterocycles. The molecule has 1 heterocycles. The van der Waals surface area contributed by atoms with Gasteiger partial charge in [0.15, 0.2) is 0 Å². The number of nitrogens with zero attached hydrogens (tertiary/aromatic N) is 1. The fourth-order valence-electron chi connectivity index (χ4n) is 4.35. The van der Waals surface area contributed by atoms with Crippen molar-refractivity contribution in [1.82, 2.24) is 4.90 Å². The number of hydrogen-bond acceptors (Lipinski definition) is 6. The first-order chi connectivity index (χ1) is 17.5. The van der Waals surface area contributed by atoms with E-state index in [0.29, 0.717) is 24.2 Å². The third-order valence-electron chi connectivity index (χ3n) is 6.22. The van der Waals surface area contributed by atoms with E-state index in [4.69, 9.17) is 31.9 Å². The topological polar surface area (TPSA) is 188 Å². The first-order valence-electron chi connectivity index (χ1n) is 11.6. The zero-order valence-electron chi connectivity index (χ0n) is 20.5. The van der Waals surface area contributed by atoms with E-state index >= 15 is 0 Å². The van der Waals surface area contributed by atoms with Gasteiger partial charge < -0.3 is 26.6 Å². The summed E-state index contributed by atoms with van der Waals surface area (Å²) in [5.74, 6) is -0.734. The summed E-state index contributed by atoms with van der Waals surface area (Å²) in [7, 11) is -4.27. The molecular weight excluding hydrogens is 532 g/mol. The minimum atomic E-state index is -4.27. The van der Waals surface area contributed by atoms with Gasteiger partial charge in [-0.25, -0.2) is 13.2 Å². The predicted molar refractivity (Wildman–Crippen MR) is 148 cm³/mol. The van der Waals surface area contributed by atoms with E-state index in [0.717, 1.165) is 30.0 Å². The summed E-state index contributed by atoms with van der Waals surface area (Å²) in [5.41, 5.74) is 13.2. The average molecular weight is 563 g/mol. The number of carboxylic acid groups (broad SMARTS) is 2. The highest BCUT2D eigenvalue weighted by atomic mass is 35.5. The molecule has 7 N–H and O–H groups in total. The van der Waals surface area contributed by atoms with Crippen LogP contribution in [0.3, 0.4) is 0 Å². The lowest BCUT2D eigenvalue weighted by Crippen LogP contribution is -2.62. The molecule has 4 rings (SSSR count). The Hall–Kier alpha value is -3.67. The maximum Gasteiger partial charge on any atom is 0.503 e. The minimum absolute atomic E-state index is 0. The summed E-state index contributed by atoms with van der Waals surface area (Å²) in [6, 6.07) is 18.9. The maximum atomic E-state index is 14.0. The third-order valence-corrected chi connectivity index (χ3v) is 8.37. The van der Waals surface area contributed by atoms with Crippen LogP contribution in [0.1, 0.15) is 30.4 Å². The van der Waals surface area contributed by atoms with Crippen LogP contribution in [0.15, 0.2) is 71.6 Å². The van der Waals surface area contributed by atoms with Crippen molar-refractivity contribution in [3.63, 3.8) is 0 Å². The fourth-order valence-corrected chi connectivity index (χ4v) is 6.01. The Bertz CT molecular complexity index is 1420. The van der Waals surface area contributed by atoms with Gasteiger partial charge in [0, 0.05) is 25.1 Å². The van der Waals surface area contributed by atoms with Gasteiger partial charge in [-0.05, 0) is 53.8 Å². The summed E-state index contributed by atoms with van der Waals surface area (Å²) in [5, 5.41) is 23.3. The summed E-state index contributed by atoms with van der Waals surface area (Å²) in [6.07, 6.45) is 0.577. The van der Waals surface area contributed by atoms with Crippen LogP contribution in [-0.2, 0) is 21.1 Å². The number of piperidine rings is 1. The Labute approximate surface area is 227 Å². The number of amidine groups is 1. The predicted octanol–water partition coefficient (Wildman–Crippen LogP) is 3.45. The minimum Gasteiger partial charge on any atom is -0.450 e. The van der Waals surface area contributed by atoms with Gasteiger partial charge in [-0.3, -0.25) is 10.2 Å². The van der Waals surface area contributed by atoms with Crippen LogP contribution < -0.4 is 11.5 Å². The molecule has 1 saturated heterocycles. The number of nitrogens with one attached hydrogen (secondary N) is 1. The number of nitrogens with two attached hydrogens (primary N) is 2. The molecule has 0 aliphatic carbocycles. The van der Waals surface area contributed by atoms with Crippen LogP contribution in [0.2, 0.25) is 0 Å². The number of halogens is 1. The molecule has 3 aromatic rings. The normalized spacial score (nSPS) is 14.8. The van der Waals surface area contributed by atoms with Crippen molar-refractivity contribution in [2.24, 2.45) is 11.5 Å². The molecule has 0 unspecified atom stereocenters. The SMILES string of the molecule is Cl.N=C(N)c1cccc(C[C@](N)(C(=O)N2CCCCC2)S(=O)(=O)c2ccc3ccccc3c2)c1.O=C(O)O. The second-order valence-corrected chi connectivity index (χ2v) is 11.0. The molecule has 3 aromatic carbocycles. The zero-order chi connectivity index (χ0) is 27.2. The maximum absolute atomic E-state index is 14.0. The molecule has 12 heteroatoms. The molecule has 1 amide bonds. The van der Waals surface area contributed by atoms with E-state index in [9.17, 15) is 13.2 Å². The average Bonchev–Trinajstić information content (AvgIpc) is 2.88.